The first-order valence-electron chi connectivity index (χ1n) is 9.27. The third kappa shape index (κ3) is 3.30. The largest absolute Gasteiger partial charge is 0.455 e. The smallest absolute Gasteiger partial charge is 0.281 e. The summed E-state index contributed by atoms with van der Waals surface area (Å²) in [6, 6.07) is 7.65. The van der Waals surface area contributed by atoms with Crippen molar-refractivity contribution in [3.63, 3.8) is 0 Å². The number of nitrogens with zero attached hydrogens (tertiary/aromatic N) is 2. The van der Waals surface area contributed by atoms with Gasteiger partial charge in [-0.05, 0) is 48.4 Å². The molecular weight excluding hydrogens is 382 g/mol. The van der Waals surface area contributed by atoms with Crippen LogP contribution >= 0.6 is 11.6 Å². The average Bonchev–Trinajstić information content (AvgIpc) is 3.02. The third-order valence-electron chi connectivity index (χ3n) is 6.03. The number of carbonyl (C=O) groups is 1. The van der Waals surface area contributed by atoms with E-state index in [0.717, 1.165) is 12.8 Å². The number of fused-ring (bicyclic) bond motifs is 1. The van der Waals surface area contributed by atoms with E-state index in [1.807, 2.05) is 0 Å². The van der Waals surface area contributed by atoms with Gasteiger partial charge in [-0.15, -0.1) is 0 Å². The molecule has 1 aromatic carbocycles. The molecule has 2 saturated carbocycles. The number of carbonyl (C=O) groups excluding carboxylic acids is 1. The molecule has 1 amide bonds. The van der Waals surface area contributed by atoms with Crippen molar-refractivity contribution >= 4 is 29.4 Å². The van der Waals surface area contributed by atoms with Crippen LogP contribution in [-0.2, 0) is 4.79 Å². The molecule has 0 spiro atoms. The van der Waals surface area contributed by atoms with Crippen LogP contribution in [0.1, 0.15) is 38.4 Å². The number of hydrogen-bond donors (Lipinski definition) is 1. The van der Waals surface area contributed by atoms with Crippen LogP contribution in [-0.4, -0.2) is 17.0 Å². The van der Waals surface area contributed by atoms with Gasteiger partial charge in [0.1, 0.15) is 11.5 Å². The van der Waals surface area contributed by atoms with Gasteiger partial charge in [0.05, 0.1) is 16.7 Å². The van der Waals surface area contributed by atoms with Crippen molar-refractivity contribution in [2.24, 2.45) is 22.4 Å². The Bertz CT molecular complexity index is 970. The quantitative estimate of drug-likeness (QED) is 0.442. The second-order valence-electron chi connectivity index (χ2n) is 7.69. The van der Waals surface area contributed by atoms with E-state index in [2.05, 4.69) is 17.5 Å². The van der Waals surface area contributed by atoms with Gasteiger partial charge >= 0.3 is 0 Å². The number of nitro groups is 1. The molecule has 8 heteroatoms. The highest BCUT2D eigenvalue weighted by Gasteiger charge is 2.64. The van der Waals surface area contributed by atoms with Crippen LogP contribution in [0.3, 0.4) is 0 Å². The van der Waals surface area contributed by atoms with Gasteiger partial charge in [0.2, 0.25) is 5.91 Å². The van der Waals surface area contributed by atoms with Gasteiger partial charge in [0.25, 0.3) is 5.69 Å². The molecule has 2 aliphatic carbocycles. The Morgan fingerprint density at radius 1 is 1.39 bits per heavy atom. The van der Waals surface area contributed by atoms with Gasteiger partial charge in [0.15, 0.2) is 0 Å². The summed E-state index contributed by atoms with van der Waals surface area (Å²) >= 11 is 5.84. The van der Waals surface area contributed by atoms with Gasteiger partial charge in [0, 0.05) is 17.0 Å². The fraction of sp³-hybridized carbons (Fsp3) is 0.400. The third-order valence-corrected chi connectivity index (χ3v) is 6.26. The molecule has 1 N–H and O–H groups in total. The van der Waals surface area contributed by atoms with Crippen molar-refractivity contribution in [3.05, 3.63) is 51.2 Å². The van der Waals surface area contributed by atoms with Gasteiger partial charge in [-0.3, -0.25) is 14.9 Å². The maximum absolute atomic E-state index is 12.4. The highest BCUT2D eigenvalue weighted by atomic mass is 35.5. The van der Waals surface area contributed by atoms with E-state index in [0.29, 0.717) is 23.0 Å². The highest BCUT2D eigenvalue weighted by molar-refractivity contribution is 6.30. The summed E-state index contributed by atoms with van der Waals surface area (Å²) < 4.78 is 5.62. The molecule has 0 aliphatic heterocycles. The molecule has 1 heterocycles. The van der Waals surface area contributed by atoms with Crippen LogP contribution in [0.2, 0.25) is 5.02 Å². The Balaban J connectivity index is 1.43. The van der Waals surface area contributed by atoms with E-state index in [4.69, 9.17) is 16.0 Å². The van der Waals surface area contributed by atoms with Crippen molar-refractivity contribution in [3.8, 4) is 11.3 Å². The Labute approximate surface area is 166 Å². The maximum atomic E-state index is 12.4. The van der Waals surface area contributed by atoms with Gasteiger partial charge < -0.3 is 4.42 Å². The predicted molar refractivity (Wildman–Crippen MR) is 105 cm³/mol. The fourth-order valence-corrected chi connectivity index (χ4v) is 4.68. The topological polar surface area (TPSA) is 97.7 Å². The number of nitrogens with one attached hydrogen (secondary N) is 1. The van der Waals surface area contributed by atoms with Crippen LogP contribution in [0, 0.1) is 27.4 Å². The lowest BCUT2D eigenvalue weighted by Gasteiger charge is -2.15. The molecule has 0 bridgehead atoms. The van der Waals surface area contributed by atoms with Crippen molar-refractivity contribution < 1.29 is 14.1 Å². The molecule has 146 valence electrons. The summed E-state index contributed by atoms with van der Waals surface area (Å²) in [6.07, 6.45) is 5.99. The summed E-state index contributed by atoms with van der Waals surface area (Å²) in [4.78, 5) is 23.1. The standard InChI is InChI=1S/C20H20ClN3O4/c1-20-9-3-2-4-15(20)18(20)19(25)23-22-11-13-6-8-17(28-13)14-7-5-12(21)10-16(14)24(26)27/h5-8,10-11,15,18H,2-4,9H2,1H3,(H,23,25)/b22-11-/t15-,18+,20+/m0/s1. The molecule has 0 saturated heterocycles. The zero-order valence-corrected chi connectivity index (χ0v) is 16.1. The van der Waals surface area contributed by atoms with Crippen molar-refractivity contribution in [1.82, 2.24) is 5.43 Å². The first-order valence-corrected chi connectivity index (χ1v) is 9.65. The Kier molecular flexibility index (Phi) is 4.71. The van der Waals surface area contributed by atoms with Crippen LogP contribution in [0.15, 0.2) is 39.9 Å². The number of furan rings is 1. The lowest BCUT2D eigenvalue weighted by atomic mass is 9.90. The maximum Gasteiger partial charge on any atom is 0.281 e. The molecule has 28 heavy (non-hydrogen) atoms. The zero-order chi connectivity index (χ0) is 19.9. The Morgan fingerprint density at radius 2 is 2.21 bits per heavy atom. The minimum absolute atomic E-state index is 0.0380. The molecule has 3 atom stereocenters. The summed E-state index contributed by atoms with van der Waals surface area (Å²) in [7, 11) is 0. The molecule has 2 aliphatic rings. The molecule has 0 radical (unpaired) electrons. The van der Waals surface area contributed by atoms with Crippen LogP contribution in [0.5, 0.6) is 0 Å². The molecule has 7 nitrogen and oxygen atoms in total. The first-order chi connectivity index (χ1) is 13.4. The van der Waals surface area contributed by atoms with E-state index in [1.54, 1.807) is 18.2 Å². The summed E-state index contributed by atoms with van der Waals surface area (Å²) in [6.45, 7) is 2.18. The zero-order valence-electron chi connectivity index (χ0n) is 15.4. The molecule has 2 fully saturated rings. The van der Waals surface area contributed by atoms with E-state index in [1.165, 1.54) is 31.2 Å². The molecular formula is C20H20ClN3O4. The van der Waals surface area contributed by atoms with E-state index < -0.39 is 4.92 Å². The average molecular weight is 402 g/mol. The van der Waals surface area contributed by atoms with Crippen molar-refractivity contribution in [1.29, 1.82) is 0 Å². The molecule has 2 aromatic rings. The number of amides is 1. The summed E-state index contributed by atoms with van der Waals surface area (Å²) in [5.74, 6) is 1.18. The Hall–Kier alpha value is -2.67. The predicted octanol–water partition coefficient (Wildman–Crippen LogP) is 4.78. The number of rotatable bonds is 5. The molecule has 1 aromatic heterocycles. The second kappa shape index (κ2) is 7.05. The first kappa shape index (κ1) is 18.7. The molecule has 4 rings (SSSR count). The van der Waals surface area contributed by atoms with Crippen LogP contribution in [0.4, 0.5) is 5.69 Å². The SMILES string of the molecule is C[C@@]12CCCC[C@H]1[C@@H]2C(=O)N/N=C\c1ccc(-c2ccc(Cl)cc2[N+](=O)[O-])o1. The lowest BCUT2D eigenvalue weighted by Crippen LogP contribution is -2.22. The summed E-state index contributed by atoms with van der Waals surface area (Å²) in [5, 5.41) is 15.5. The van der Waals surface area contributed by atoms with E-state index in [-0.39, 0.29) is 28.0 Å². The van der Waals surface area contributed by atoms with Crippen LogP contribution in [0.25, 0.3) is 11.3 Å². The minimum atomic E-state index is -0.507. The summed E-state index contributed by atoms with van der Waals surface area (Å²) in [5.41, 5.74) is 2.92. The number of nitro benzene ring substituents is 1. The monoisotopic (exact) mass is 401 g/mol. The fourth-order valence-electron chi connectivity index (χ4n) is 4.51. The van der Waals surface area contributed by atoms with Gasteiger partial charge in [-0.25, -0.2) is 5.43 Å². The minimum Gasteiger partial charge on any atom is -0.455 e. The van der Waals surface area contributed by atoms with E-state index >= 15 is 0 Å². The number of halogens is 1. The van der Waals surface area contributed by atoms with E-state index in [9.17, 15) is 14.9 Å². The van der Waals surface area contributed by atoms with Crippen LogP contribution < -0.4 is 5.43 Å². The van der Waals surface area contributed by atoms with Crippen molar-refractivity contribution in [2.45, 2.75) is 32.6 Å². The molecule has 0 unspecified atom stereocenters. The lowest BCUT2D eigenvalue weighted by molar-refractivity contribution is -0.384. The van der Waals surface area contributed by atoms with Gasteiger partial charge in [-0.2, -0.15) is 5.10 Å². The Morgan fingerprint density at radius 3 is 2.93 bits per heavy atom. The number of hydrazone groups is 1. The number of benzene rings is 1. The number of hydrogen-bond acceptors (Lipinski definition) is 5. The van der Waals surface area contributed by atoms with Crippen molar-refractivity contribution in [2.75, 3.05) is 0 Å². The normalized spacial score (nSPS) is 26.1. The second-order valence-corrected chi connectivity index (χ2v) is 8.13. The highest BCUT2D eigenvalue weighted by Crippen LogP contribution is 2.66. The van der Waals surface area contributed by atoms with Gasteiger partial charge in [-0.1, -0.05) is 31.4 Å².